The van der Waals surface area contributed by atoms with Gasteiger partial charge in [-0.15, -0.1) is 12.3 Å². The highest BCUT2D eigenvalue weighted by atomic mass is 16.5. The van der Waals surface area contributed by atoms with Gasteiger partial charge in [0.1, 0.15) is 18.7 Å². The Labute approximate surface area is 204 Å². The maximum absolute atomic E-state index is 13.0. The predicted octanol–water partition coefficient (Wildman–Crippen LogP) is 2.53. The lowest BCUT2D eigenvalue weighted by molar-refractivity contribution is -0.144. The molecule has 1 saturated heterocycles. The zero-order chi connectivity index (χ0) is 24.9. The first-order valence-electron chi connectivity index (χ1n) is 11.7. The van der Waals surface area contributed by atoms with Crippen molar-refractivity contribution in [3.8, 4) is 23.5 Å². The Morgan fingerprint density at radius 2 is 1.63 bits per heavy atom. The zero-order valence-corrected chi connectivity index (χ0v) is 19.6. The van der Waals surface area contributed by atoms with Crippen molar-refractivity contribution in [2.75, 3.05) is 32.8 Å². The first-order chi connectivity index (χ1) is 16.9. The van der Waals surface area contributed by atoms with E-state index in [1.54, 1.807) is 16.7 Å². The summed E-state index contributed by atoms with van der Waals surface area (Å²) in [6.07, 6.45) is 4.80. The summed E-state index contributed by atoms with van der Waals surface area (Å²) in [6.45, 7) is 3.37. The van der Waals surface area contributed by atoms with E-state index >= 15 is 0 Å². The molecule has 0 spiro atoms. The number of hydrogen-bond acceptors (Lipinski definition) is 5. The van der Waals surface area contributed by atoms with Gasteiger partial charge in [0.2, 0.25) is 5.91 Å². The number of terminal acetylenes is 1. The topological polar surface area (TPSA) is 99.2 Å². The number of carboxylic acids is 1. The molecule has 2 unspecified atom stereocenters. The van der Waals surface area contributed by atoms with Crippen LogP contribution in [0.15, 0.2) is 48.5 Å². The maximum Gasteiger partial charge on any atom is 0.407 e. The van der Waals surface area contributed by atoms with Crippen LogP contribution < -0.4 is 5.32 Å². The molecule has 1 aliphatic carbocycles. The van der Waals surface area contributed by atoms with Crippen LogP contribution in [0.5, 0.6) is 0 Å². The Morgan fingerprint density at radius 1 is 1.06 bits per heavy atom. The Kier molecular flexibility index (Phi) is 7.37. The van der Waals surface area contributed by atoms with Gasteiger partial charge in [0, 0.05) is 38.5 Å². The largest absolute Gasteiger partial charge is 0.480 e. The van der Waals surface area contributed by atoms with Crippen LogP contribution in [0.4, 0.5) is 4.79 Å². The molecule has 1 fully saturated rings. The van der Waals surface area contributed by atoms with Gasteiger partial charge in [0.05, 0.1) is 0 Å². The second-order valence-corrected chi connectivity index (χ2v) is 8.81. The fourth-order valence-corrected chi connectivity index (χ4v) is 4.81. The van der Waals surface area contributed by atoms with Gasteiger partial charge < -0.3 is 20.1 Å². The molecule has 0 bridgehead atoms. The molecule has 182 valence electrons. The molecule has 2 aliphatic rings. The molecule has 1 heterocycles. The SMILES string of the molecule is C#CCC(NC(=O)OCC1c2ccccc2-c2ccccc21)C(=O)N1CCN(C(C)C(=O)O)CC1. The molecule has 2 aromatic rings. The lowest BCUT2D eigenvalue weighted by Gasteiger charge is -2.37. The molecule has 1 aliphatic heterocycles. The van der Waals surface area contributed by atoms with E-state index in [0.29, 0.717) is 26.2 Å². The summed E-state index contributed by atoms with van der Waals surface area (Å²) in [5.74, 6) is 1.18. The monoisotopic (exact) mass is 475 g/mol. The number of benzene rings is 2. The molecule has 2 amide bonds. The molecule has 8 nitrogen and oxygen atoms in total. The van der Waals surface area contributed by atoms with Crippen LogP contribution in [0, 0.1) is 12.3 Å². The smallest absolute Gasteiger partial charge is 0.407 e. The van der Waals surface area contributed by atoms with E-state index in [9.17, 15) is 19.5 Å². The van der Waals surface area contributed by atoms with Crippen molar-refractivity contribution in [3.63, 3.8) is 0 Å². The molecule has 0 saturated carbocycles. The summed E-state index contributed by atoms with van der Waals surface area (Å²) in [6, 6.07) is 14.6. The van der Waals surface area contributed by atoms with Crippen molar-refractivity contribution in [1.82, 2.24) is 15.1 Å². The van der Waals surface area contributed by atoms with Crippen molar-refractivity contribution in [1.29, 1.82) is 0 Å². The number of carbonyl (C=O) groups excluding carboxylic acids is 2. The van der Waals surface area contributed by atoms with Gasteiger partial charge in [-0.25, -0.2) is 4.79 Å². The molecule has 8 heteroatoms. The highest BCUT2D eigenvalue weighted by molar-refractivity contribution is 5.86. The molecule has 35 heavy (non-hydrogen) atoms. The number of carboxylic acid groups (broad SMARTS) is 1. The number of carbonyl (C=O) groups is 3. The highest BCUT2D eigenvalue weighted by Crippen LogP contribution is 2.44. The van der Waals surface area contributed by atoms with Crippen LogP contribution >= 0.6 is 0 Å². The fourth-order valence-electron chi connectivity index (χ4n) is 4.81. The molecule has 4 rings (SSSR count). The van der Waals surface area contributed by atoms with E-state index < -0.39 is 24.1 Å². The van der Waals surface area contributed by atoms with Gasteiger partial charge in [-0.1, -0.05) is 48.5 Å². The Hall–Kier alpha value is -3.83. The number of nitrogens with one attached hydrogen (secondary N) is 1. The number of ether oxygens (including phenoxy) is 1. The van der Waals surface area contributed by atoms with Gasteiger partial charge in [0.15, 0.2) is 0 Å². The van der Waals surface area contributed by atoms with E-state index in [1.165, 1.54) is 0 Å². The van der Waals surface area contributed by atoms with Gasteiger partial charge >= 0.3 is 12.1 Å². The molecule has 0 radical (unpaired) electrons. The summed E-state index contributed by atoms with van der Waals surface area (Å²) in [5, 5.41) is 11.8. The summed E-state index contributed by atoms with van der Waals surface area (Å²) >= 11 is 0. The number of nitrogens with zero attached hydrogens (tertiary/aromatic N) is 2. The van der Waals surface area contributed by atoms with Crippen molar-refractivity contribution in [2.24, 2.45) is 0 Å². The van der Waals surface area contributed by atoms with Crippen molar-refractivity contribution >= 4 is 18.0 Å². The number of rotatable bonds is 7. The summed E-state index contributed by atoms with van der Waals surface area (Å²) in [4.78, 5) is 40.3. The molecule has 2 aromatic carbocycles. The van der Waals surface area contributed by atoms with E-state index in [4.69, 9.17) is 11.2 Å². The van der Waals surface area contributed by atoms with Crippen LogP contribution in [0.25, 0.3) is 11.1 Å². The second kappa shape index (κ2) is 10.6. The summed E-state index contributed by atoms with van der Waals surface area (Å²) in [5.41, 5.74) is 4.47. The number of hydrogen-bond donors (Lipinski definition) is 2. The standard InChI is InChI=1S/C27H29N3O5/c1-3-8-24(25(31)30-15-13-29(14-16-30)18(2)26(32)33)28-27(34)35-17-23-21-11-6-4-9-19(21)20-10-5-7-12-22(20)23/h1,4-7,9-12,18,23-24H,8,13-17H2,2H3,(H,28,34)(H,32,33). The van der Waals surface area contributed by atoms with Crippen LogP contribution in [0.2, 0.25) is 0 Å². The maximum atomic E-state index is 13.0. The average molecular weight is 476 g/mol. The number of aliphatic carboxylic acids is 1. The van der Waals surface area contributed by atoms with Gasteiger partial charge in [-0.05, 0) is 29.2 Å². The fraction of sp³-hybridized carbons (Fsp3) is 0.370. The third-order valence-electron chi connectivity index (χ3n) is 6.79. The quantitative estimate of drug-likeness (QED) is 0.597. The lowest BCUT2D eigenvalue weighted by atomic mass is 9.98. The highest BCUT2D eigenvalue weighted by Gasteiger charge is 2.32. The van der Waals surface area contributed by atoms with Gasteiger partial charge in [0.25, 0.3) is 0 Å². The Morgan fingerprint density at radius 3 is 2.17 bits per heavy atom. The minimum atomic E-state index is -0.904. The lowest BCUT2D eigenvalue weighted by Crippen LogP contribution is -2.57. The minimum absolute atomic E-state index is 0.0365. The normalized spacial score (nSPS) is 17.0. The number of fused-ring (bicyclic) bond motifs is 3. The van der Waals surface area contributed by atoms with Gasteiger partial charge in [-0.2, -0.15) is 0 Å². The number of piperazine rings is 1. The van der Waals surface area contributed by atoms with Gasteiger partial charge in [-0.3, -0.25) is 14.5 Å². The molecule has 2 N–H and O–H groups in total. The molecule has 2 atom stereocenters. The predicted molar refractivity (Wildman–Crippen MR) is 131 cm³/mol. The van der Waals surface area contributed by atoms with Crippen LogP contribution in [-0.2, 0) is 14.3 Å². The summed E-state index contributed by atoms with van der Waals surface area (Å²) < 4.78 is 5.57. The van der Waals surface area contributed by atoms with E-state index in [1.807, 2.05) is 36.4 Å². The Bertz CT molecular complexity index is 1100. The van der Waals surface area contributed by atoms with E-state index in [0.717, 1.165) is 22.3 Å². The number of alkyl carbamates (subject to hydrolysis) is 1. The third kappa shape index (κ3) is 5.15. The Balaban J connectivity index is 1.36. The minimum Gasteiger partial charge on any atom is -0.480 e. The van der Waals surface area contributed by atoms with E-state index in [-0.39, 0.29) is 24.9 Å². The average Bonchev–Trinajstić information content (AvgIpc) is 3.20. The first-order valence-corrected chi connectivity index (χ1v) is 11.7. The van der Waals surface area contributed by atoms with Crippen LogP contribution in [0.3, 0.4) is 0 Å². The molecule has 0 aromatic heterocycles. The third-order valence-corrected chi connectivity index (χ3v) is 6.79. The molecular formula is C27H29N3O5. The zero-order valence-electron chi connectivity index (χ0n) is 19.6. The molecular weight excluding hydrogens is 446 g/mol. The van der Waals surface area contributed by atoms with Crippen LogP contribution in [-0.4, -0.2) is 77.7 Å². The van der Waals surface area contributed by atoms with Crippen LogP contribution in [0.1, 0.15) is 30.4 Å². The van der Waals surface area contributed by atoms with Crippen molar-refractivity contribution < 1.29 is 24.2 Å². The van der Waals surface area contributed by atoms with Crippen molar-refractivity contribution in [3.05, 3.63) is 59.7 Å². The summed E-state index contributed by atoms with van der Waals surface area (Å²) in [7, 11) is 0. The first kappa shape index (κ1) is 24.3. The van der Waals surface area contributed by atoms with E-state index in [2.05, 4.69) is 23.4 Å². The van der Waals surface area contributed by atoms with Crippen molar-refractivity contribution in [2.45, 2.75) is 31.3 Å². The second-order valence-electron chi connectivity index (χ2n) is 8.81. The number of amides is 2.